The summed E-state index contributed by atoms with van der Waals surface area (Å²) in [5, 5.41) is 3.84. The summed E-state index contributed by atoms with van der Waals surface area (Å²) >= 11 is 3.40. The van der Waals surface area contributed by atoms with E-state index in [1.165, 1.54) is 12.5 Å². The SMILES string of the molecule is CC(C)(CCBr)CNC(=O)c1ccoc1. The number of furan rings is 1. The minimum Gasteiger partial charge on any atom is -0.472 e. The summed E-state index contributed by atoms with van der Waals surface area (Å²) < 4.78 is 4.85. The lowest BCUT2D eigenvalue weighted by Crippen LogP contribution is -2.34. The molecule has 0 radical (unpaired) electrons. The molecule has 0 aromatic carbocycles. The van der Waals surface area contributed by atoms with Gasteiger partial charge in [-0.3, -0.25) is 4.79 Å². The van der Waals surface area contributed by atoms with Crippen LogP contribution >= 0.6 is 15.9 Å². The van der Waals surface area contributed by atoms with E-state index in [0.717, 1.165) is 11.8 Å². The highest BCUT2D eigenvalue weighted by Gasteiger charge is 2.18. The van der Waals surface area contributed by atoms with Crippen molar-refractivity contribution < 1.29 is 9.21 Å². The molecule has 84 valence electrons. The quantitative estimate of drug-likeness (QED) is 0.839. The van der Waals surface area contributed by atoms with Crippen LogP contribution in [-0.2, 0) is 0 Å². The van der Waals surface area contributed by atoms with Crippen LogP contribution in [0.3, 0.4) is 0 Å². The van der Waals surface area contributed by atoms with E-state index in [-0.39, 0.29) is 11.3 Å². The molecule has 1 amide bonds. The predicted octanol–water partition coefficient (Wildman–Crippen LogP) is 2.82. The van der Waals surface area contributed by atoms with E-state index in [9.17, 15) is 4.79 Å². The number of carbonyl (C=O) groups is 1. The summed E-state index contributed by atoms with van der Waals surface area (Å²) in [6, 6.07) is 1.66. The van der Waals surface area contributed by atoms with Crippen LogP contribution in [0.4, 0.5) is 0 Å². The molecule has 1 N–H and O–H groups in total. The lowest BCUT2D eigenvalue weighted by Gasteiger charge is -2.23. The number of hydrogen-bond acceptors (Lipinski definition) is 2. The molecule has 0 aliphatic rings. The minimum atomic E-state index is -0.0774. The van der Waals surface area contributed by atoms with Crippen LogP contribution in [0.5, 0.6) is 0 Å². The van der Waals surface area contributed by atoms with Gasteiger partial charge >= 0.3 is 0 Å². The zero-order chi connectivity index (χ0) is 11.3. The van der Waals surface area contributed by atoms with Gasteiger partial charge < -0.3 is 9.73 Å². The summed E-state index contributed by atoms with van der Waals surface area (Å²) in [5.74, 6) is -0.0774. The zero-order valence-electron chi connectivity index (χ0n) is 9.05. The van der Waals surface area contributed by atoms with Gasteiger partial charge in [0.25, 0.3) is 5.91 Å². The van der Waals surface area contributed by atoms with Gasteiger partial charge in [-0.2, -0.15) is 0 Å². The van der Waals surface area contributed by atoms with E-state index >= 15 is 0 Å². The second-order valence-corrected chi connectivity index (χ2v) is 5.09. The van der Waals surface area contributed by atoms with Crippen molar-refractivity contribution in [1.29, 1.82) is 0 Å². The molecule has 0 unspecified atom stereocenters. The van der Waals surface area contributed by atoms with Crippen molar-refractivity contribution in [2.45, 2.75) is 20.3 Å². The molecule has 0 saturated heterocycles. The first-order chi connectivity index (χ1) is 7.05. The van der Waals surface area contributed by atoms with Crippen LogP contribution in [0.25, 0.3) is 0 Å². The maximum atomic E-state index is 11.6. The highest BCUT2D eigenvalue weighted by molar-refractivity contribution is 9.09. The first kappa shape index (κ1) is 12.3. The smallest absolute Gasteiger partial charge is 0.254 e. The Hall–Kier alpha value is -0.770. The molecule has 0 fully saturated rings. The maximum Gasteiger partial charge on any atom is 0.254 e. The lowest BCUT2D eigenvalue weighted by atomic mass is 9.90. The summed E-state index contributed by atoms with van der Waals surface area (Å²) in [4.78, 5) is 11.6. The molecule has 0 spiro atoms. The van der Waals surface area contributed by atoms with Crippen molar-refractivity contribution >= 4 is 21.8 Å². The minimum absolute atomic E-state index is 0.0774. The Morgan fingerprint density at radius 3 is 2.87 bits per heavy atom. The van der Waals surface area contributed by atoms with E-state index in [1.54, 1.807) is 6.07 Å². The van der Waals surface area contributed by atoms with Crippen LogP contribution in [0.1, 0.15) is 30.6 Å². The summed E-state index contributed by atoms with van der Waals surface area (Å²) in [5.41, 5.74) is 0.688. The molecule has 0 bridgehead atoms. The van der Waals surface area contributed by atoms with Gasteiger partial charge in [0.2, 0.25) is 0 Å². The second kappa shape index (κ2) is 5.35. The van der Waals surface area contributed by atoms with Gasteiger partial charge in [-0.15, -0.1) is 0 Å². The summed E-state index contributed by atoms with van der Waals surface area (Å²) in [7, 11) is 0. The summed E-state index contributed by atoms with van der Waals surface area (Å²) in [6.45, 7) is 4.93. The molecule has 0 aliphatic heterocycles. The van der Waals surface area contributed by atoms with Crippen LogP contribution in [0.2, 0.25) is 0 Å². The fourth-order valence-electron chi connectivity index (χ4n) is 1.16. The molecule has 0 aliphatic carbocycles. The Morgan fingerprint density at radius 2 is 2.33 bits per heavy atom. The standard InChI is InChI=1S/C11H16BrNO2/c1-11(2,4-5-12)8-13-10(14)9-3-6-15-7-9/h3,6-7H,4-5,8H2,1-2H3,(H,13,14). The first-order valence-corrected chi connectivity index (χ1v) is 6.04. The molecule has 1 aromatic heterocycles. The average molecular weight is 274 g/mol. The van der Waals surface area contributed by atoms with Crippen molar-refractivity contribution in [2.24, 2.45) is 5.41 Å². The Kier molecular flexibility index (Phi) is 4.39. The normalized spacial score (nSPS) is 11.4. The topological polar surface area (TPSA) is 42.2 Å². The fraction of sp³-hybridized carbons (Fsp3) is 0.545. The van der Waals surface area contributed by atoms with Crippen molar-refractivity contribution in [3.8, 4) is 0 Å². The van der Waals surface area contributed by atoms with Crippen LogP contribution < -0.4 is 5.32 Å². The van der Waals surface area contributed by atoms with Crippen LogP contribution in [0, 0.1) is 5.41 Å². The zero-order valence-corrected chi connectivity index (χ0v) is 10.6. The Labute approximate surface area is 98.4 Å². The van der Waals surface area contributed by atoms with Crippen LogP contribution in [-0.4, -0.2) is 17.8 Å². The molecule has 4 heteroatoms. The Balaban J connectivity index is 2.40. The molecule has 3 nitrogen and oxygen atoms in total. The molecule has 1 aromatic rings. The third-order valence-corrected chi connectivity index (χ3v) is 2.68. The largest absolute Gasteiger partial charge is 0.472 e. The third kappa shape index (κ3) is 4.08. The molecule has 0 atom stereocenters. The number of halogens is 1. The van der Waals surface area contributed by atoms with E-state index in [2.05, 4.69) is 35.1 Å². The van der Waals surface area contributed by atoms with Gasteiger partial charge in [0.1, 0.15) is 6.26 Å². The first-order valence-electron chi connectivity index (χ1n) is 4.91. The van der Waals surface area contributed by atoms with E-state index in [0.29, 0.717) is 12.1 Å². The van der Waals surface area contributed by atoms with E-state index in [1.807, 2.05) is 0 Å². The predicted molar refractivity (Wildman–Crippen MR) is 63.2 cm³/mol. The number of hydrogen-bond donors (Lipinski definition) is 1. The van der Waals surface area contributed by atoms with Crippen molar-refractivity contribution in [3.05, 3.63) is 24.2 Å². The van der Waals surface area contributed by atoms with Crippen molar-refractivity contribution in [3.63, 3.8) is 0 Å². The molecular formula is C11H16BrNO2. The third-order valence-electron chi connectivity index (χ3n) is 2.28. The van der Waals surface area contributed by atoms with Crippen molar-refractivity contribution in [1.82, 2.24) is 5.32 Å². The van der Waals surface area contributed by atoms with Crippen molar-refractivity contribution in [2.75, 3.05) is 11.9 Å². The fourth-order valence-corrected chi connectivity index (χ4v) is 2.23. The maximum absolute atomic E-state index is 11.6. The monoisotopic (exact) mass is 273 g/mol. The number of alkyl halides is 1. The number of amides is 1. The highest BCUT2D eigenvalue weighted by atomic mass is 79.9. The number of rotatable bonds is 5. The molecule has 0 saturated carbocycles. The van der Waals surface area contributed by atoms with Gasteiger partial charge in [-0.25, -0.2) is 0 Å². The second-order valence-electron chi connectivity index (χ2n) is 4.30. The van der Waals surface area contributed by atoms with E-state index < -0.39 is 0 Å². The summed E-state index contributed by atoms with van der Waals surface area (Å²) in [6.07, 6.45) is 3.98. The van der Waals surface area contributed by atoms with Gasteiger partial charge in [0.05, 0.1) is 11.8 Å². The molecular weight excluding hydrogens is 258 g/mol. The van der Waals surface area contributed by atoms with Gasteiger partial charge in [0.15, 0.2) is 0 Å². The van der Waals surface area contributed by atoms with Gasteiger partial charge in [-0.05, 0) is 17.9 Å². The Morgan fingerprint density at radius 1 is 1.60 bits per heavy atom. The van der Waals surface area contributed by atoms with E-state index in [4.69, 9.17) is 4.42 Å². The van der Waals surface area contributed by atoms with Crippen LogP contribution in [0.15, 0.2) is 23.0 Å². The molecule has 1 heterocycles. The highest BCUT2D eigenvalue weighted by Crippen LogP contribution is 2.20. The Bertz CT molecular complexity index is 306. The lowest BCUT2D eigenvalue weighted by molar-refractivity contribution is 0.0935. The van der Waals surface area contributed by atoms with Gasteiger partial charge in [-0.1, -0.05) is 29.8 Å². The number of carbonyl (C=O) groups excluding carboxylic acids is 1. The molecule has 1 rings (SSSR count). The van der Waals surface area contributed by atoms with Gasteiger partial charge in [0, 0.05) is 11.9 Å². The number of nitrogens with one attached hydrogen (secondary N) is 1. The molecule has 15 heavy (non-hydrogen) atoms. The average Bonchev–Trinajstić information content (AvgIpc) is 2.67.